The zero-order chi connectivity index (χ0) is 18.2. The summed E-state index contributed by atoms with van der Waals surface area (Å²) in [7, 11) is 0. The number of anilines is 1. The van der Waals surface area contributed by atoms with Gasteiger partial charge in [0.1, 0.15) is 10.8 Å². The van der Waals surface area contributed by atoms with Crippen molar-refractivity contribution in [2.24, 2.45) is 5.73 Å². The fraction of sp³-hybridized carbons (Fsp3) is 0.471. The van der Waals surface area contributed by atoms with Crippen molar-refractivity contribution in [2.75, 3.05) is 18.0 Å². The van der Waals surface area contributed by atoms with Gasteiger partial charge in [0, 0.05) is 30.4 Å². The zero-order valence-electron chi connectivity index (χ0n) is 14.3. The highest BCUT2D eigenvalue weighted by molar-refractivity contribution is 6.42. The maximum Gasteiger partial charge on any atom is 0.153 e. The molecule has 2 aromatic heterocycles. The van der Waals surface area contributed by atoms with E-state index in [2.05, 4.69) is 21.8 Å². The maximum atomic E-state index is 9.81. The predicted octanol–water partition coefficient (Wildman–Crippen LogP) is 2.96. The van der Waals surface area contributed by atoms with Crippen molar-refractivity contribution in [3.05, 3.63) is 33.8 Å². The summed E-state index contributed by atoms with van der Waals surface area (Å²) in [4.78, 5) is 15.4. The number of aromatic nitrogens is 3. The average Bonchev–Trinajstić information content (AvgIpc) is 2.57. The SMILES string of the molecule is Cc1nc(N2CCC(C)(N)CC2)c(CO)nc1-c1ccnc(Cl)c1Cl. The van der Waals surface area contributed by atoms with E-state index in [0.717, 1.165) is 31.6 Å². The number of nitrogens with two attached hydrogens (primary N) is 1. The summed E-state index contributed by atoms with van der Waals surface area (Å²) in [6.07, 6.45) is 3.31. The van der Waals surface area contributed by atoms with Crippen LogP contribution in [0.25, 0.3) is 11.3 Å². The van der Waals surface area contributed by atoms with Gasteiger partial charge in [0.25, 0.3) is 0 Å². The lowest BCUT2D eigenvalue weighted by atomic mass is 9.91. The van der Waals surface area contributed by atoms with E-state index in [1.165, 1.54) is 0 Å². The van der Waals surface area contributed by atoms with Crippen LogP contribution in [-0.2, 0) is 6.61 Å². The lowest BCUT2D eigenvalue weighted by Crippen LogP contribution is -2.48. The van der Waals surface area contributed by atoms with Crippen LogP contribution in [0.2, 0.25) is 10.2 Å². The van der Waals surface area contributed by atoms with Gasteiger partial charge >= 0.3 is 0 Å². The molecular formula is C17H21Cl2N5O. The molecule has 3 heterocycles. The van der Waals surface area contributed by atoms with Crippen molar-refractivity contribution in [2.45, 2.75) is 38.8 Å². The molecule has 2 aromatic rings. The Morgan fingerprint density at radius 3 is 2.60 bits per heavy atom. The van der Waals surface area contributed by atoms with Crippen LogP contribution in [0.1, 0.15) is 31.2 Å². The van der Waals surface area contributed by atoms with Gasteiger partial charge in [0.2, 0.25) is 0 Å². The Kier molecular flexibility index (Phi) is 5.16. The molecule has 1 aliphatic rings. The third-order valence-corrected chi connectivity index (χ3v) is 5.34. The highest BCUT2D eigenvalue weighted by Crippen LogP contribution is 2.34. The molecule has 0 amide bonds. The number of aliphatic hydroxyl groups excluding tert-OH is 1. The van der Waals surface area contributed by atoms with Crippen molar-refractivity contribution in [1.29, 1.82) is 0 Å². The van der Waals surface area contributed by atoms with Gasteiger partial charge in [-0.2, -0.15) is 0 Å². The summed E-state index contributed by atoms with van der Waals surface area (Å²) in [5, 5.41) is 10.4. The molecule has 0 spiro atoms. The Bertz CT molecular complexity index is 787. The highest BCUT2D eigenvalue weighted by Gasteiger charge is 2.28. The quantitative estimate of drug-likeness (QED) is 0.794. The van der Waals surface area contributed by atoms with Crippen LogP contribution in [0, 0.1) is 6.92 Å². The molecule has 8 heteroatoms. The number of aryl methyl sites for hydroxylation is 1. The van der Waals surface area contributed by atoms with E-state index in [-0.39, 0.29) is 17.3 Å². The molecule has 134 valence electrons. The summed E-state index contributed by atoms with van der Waals surface area (Å²) in [5.41, 5.74) is 8.54. The van der Waals surface area contributed by atoms with Gasteiger partial charge in [-0.05, 0) is 32.8 Å². The molecule has 0 bridgehead atoms. The Balaban J connectivity index is 2.01. The first kappa shape index (κ1) is 18.3. The van der Waals surface area contributed by atoms with Crippen LogP contribution >= 0.6 is 23.2 Å². The van der Waals surface area contributed by atoms with Crippen molar-refractivity contribution < 1.29 is 5.11 Å². The summed E-state index contributed by atoms with van der Waals surface area (Å²) in [6.45, 7) is 5.30. The largest absolute Gasteiger partial charge is 0.390 e. The number of pyridine rings is 1. The van der Waals surface area contributed by atoms with E-state index in [9.17, 15) is 5.11 Å². The standard InChI is InChI=1S/C17H21Cl2N5O/c1-10-14(11-3-6-21-15(19)13(11)18)23-12(9-25)16(22-10)24-7-4-17(2,20)5-8-24/h3,6,25H,4-5,7-9,20H2,1-2H3. The first-order valence-corrected chi connectivity index (χ1v) is 8.90. The number of aliphatic hydroxyl groups is 1. The van der Waals surface area contributed by atoms with Crippen LogP contribution < -0.4 is 10.6 Å². The normalized spacial score (nSPS) is 17.0. The molecule has 0 unspecified atom stereocenters. The second kappa shape index (κ2) is 7.03. The Hall–Kier alpha value is -1.47. The molecule has 0 radical (unpaired) electrons. The van der Waals surface area contributed by atoms with E-state index >= 15 is 0 Å². The van der Waals surface area contributed by atoms with Gasteiger partial charge in [-0.3, -0.25) is 0 Å². The van der Waals surface area contributed by atoms with E-state index in [1.807, 2.05) is 6.92 Å². The number of halogens is 2. The molecule has 25 heavy (non-hydrogen) atoms. The van der Waals surface area contributed by atoms with E-state index in [0.29, 0.717) is 27.8 Å². The van der Waals surface area contributed by atoms with Gasteiger partial charge in [-0.15, -0.1) is 0 Å². The van der Waals surface area contributed by atoms with Crippen LogP contribution in [0.4, 0.5) is 5.82 Å². The number of piperidine rings is 1. The van der Waals surface area contributed by atoms with Crippen molar-refractivity contribution >= 4 is 29.0 Å². The zero-order valence-corrected chi connectivity index (χ0v) is 15.8. The summed E-state index contributed by atoms with van der Waals surface area (Å²) in [6, 6.07) is 1.74. The lowest BCUT2D eigenvalue weighted by molar-refractivity contribution is 0.275. The third-order valence-electron chi connectivity index (χ3n) is 4.58. The first-order chi connectivity index (χ1) is 11.8. The fourth-order valence-electron chi connectivity index (χ4n) is 2.99. The van der Waals surface area contributed by atoms with Crippen molar-refractivity contribution in [3.63, 3.8) is 0 Å². The molecule has 0 atom stereocenters. The summed E-state index contributed by atoms with van der Waals surface area (Å²) >= 11 is 12.3. The highest BCUT2D eigenvalue weighted by atomic mass is 35.5. The molecule has 3 rings (SSSR count). The smallest absolute Gasteiger partial charge is 0.153 e. The summed E-state index contributed by atoms with van der Waals surface area (Å²) in [5.74, 6) is 0.704. The van der Waals surface area contributed by atoms with Crippen LogP contribution in [0.3, 0.4) is 0 Å². The first-order valence-electron chi connectivity index (χ1n) is 8.15. The third kappa shape index (κ3) is 3.72. The minimum atomic E-state index is -0.206. The molecule has 0 aliphatic carbocycles. The van der Waals surface area contributed by atoms with Crippen LogP contribution in [0.15, 0.2) is 12.3 Å². The molecule has 6 nitrogen and oxygen atoms in total. The van der Waals surface area contributed by atoms with Crippen LogP contribution in [0.5, 0.6) is 0 Å². The Morgan fingerprint density at radius 2 is 1.96 bits per heavy atom. The number of hydrogen-bond donors (Lipinski definition) is 2. The minimum absolute atomic E-state index is 0.153. The Morgan fingerprint density at radius 1 is 1.28 bits per heavy atom. The molecule has 3 N–H and O–H groups in total. The molecule has 1 saturated heterocycles. The topological polar surface area (TPSA) is 88.2 Å². The lowest BCUT2D eigenvalue weighted by Gasteiger charge is -2.38. The minimum Gasteiger partial charge on any atom is -0.390 e. The van der Waals surface area contributed by atoms with Gasteiger partial charge in [0.15, 0.2) is 5.82 Å². The fourth-order valence-corrected chi connectivity index (χ4v) is 3.35. The molecular weight excluding hydrogens is 361 g/mol. The van der Waals surface area contributed by atoms with Gasteiger partial charge in [-0.25, -0.2) is 15.0 Å². The second-order valence-electron chi connectivity index (χ2n) is 6.69. The number of nitrogens with zero attached hydrogens (tertiary/aromatic N) is 4. The predicted molar refractivity (Wildman–Crippen MR) is 100.0 cm³/mol. The van der Waals surface area contributed by atoms with E-state index in [1.54, 1.807) is 12.3 Å². The van der Waals surface area contributed by atoms with E-state index in [4.69, 9.17) is 33.9 Å². The van der Waals surface area contributed by atoms with Gasteiger partial charge in [0.05, 0.1) is 23.0 Å². The maximum absolute atomic E-state index is 9.81. The number of hydrogen-bond acceptors (Lipinski definition) is 6. The Labute approximate surface area is 157 Å². The van der Waals surface area contributed by atoms with E-state index < -0.39 is 0 Å². The second-order valence-corrected chi connectivity index (χ2v) is 7.43. The summed E-state index contributed by atoms with van der Waals surface area (Å²) < 4.78 is 0. The van der Waals surface area contributed by atoms with Crippen molar-refractivity contribution in [3.8, 4) is 11.3 Å². The van der Waals surface area contributed by atoms with Gasteiger partial charge in [-0.1, -0.05) is 23.2 Å². The molecule has 1 fully saturated rings. The van der Waals surface area contributed by atoms with Crippen LogP contribution in [-0.4, -0.2) is 38.7 Å². The van der Waals surface area contributed by atoms with Gasteiger partial charge < -0.3 is 15.7 Å². The van der Waals surface area contributed by atoms with Crippen molar-refractivity contribution in [1.82, 2.24) is 15.0 Å². The molecule has 0 aromatic carbocycles. The monoisotopic (exact) mass is 381 g/mol. The molecule has 1 aliphatic heterocycles. The number of rotatable bonds is 3. The average molecular weight is 382 g/mol. The molecule has 0 saturated carbocycles.